The Morgan fingerprint density at radius 2 is 1.79 bits per heavy atom. The van der Waals surface area contributed by atoms with Crippen molar-refractivity contribution in [2.75, 3.05) is 19.0 Å². The molecule has 0 spiro atoms. The average Bonchev–Trinajstić information content (AvgIpc) is 3.16. The van der Waals surface area contributed by atoms with E-state index in [9.17, 15) is 9.59 Å². The number of hydrogen-bond acceptors (Lipinski definition) is 5. The Balaban J connectivity index is 1.61. The molecule has 1 aromatic heterocycles. The Kier molecular flexibility index (Phi) is 6.93. The highest BCUT2D eigenvalue weighted by Crippen LogP contribution is 2.34. The molecule has 0 saturated carbocycles. The molecule has 6 nitrogen and oxygen atoms in total. The number of carbonyl (C=O) groups excluding carboxylic acids is 2. The van der Waals surface area contributed by atoms with E-state index in [4.69, 9.17) is 37.1 Å². The molecule has 33 heavy (non-hydrogen) atoms. The van der Waals surface area contributed by atoms with E-state index in [0.29, 0.717) is 37.5 Å². The topological polar surface area (TPSA) is 77.8 Å². The van der Waals surface area contributed by atoms with Gasteiger partial charge in [0.25, 0.3) is 5.91 Å². The summed E-state index contributed by atoms with van der Waals surface area (Å²) < 4.78 is 17.2. The van der Waals surface area contributed by atoms with Crippen molar-refractivity contribution in [3.05, 3.63) is 86.5 Å². The Morgan fingerprint density at radius 1 is 1.03 bits per heavy atom. The smallest absolute Gasteiger partial charge is 0.262 e. The third-order valence-electron chi connectivity index (χ3n) is 4.73. The van der Waals surface area contributed by atoms with Crippen LogP contribution in [0.15, 0.2) is 69.6 Å². The summed E-state index contributed by atoms with van der Waals surface area (Å²) in [5.74, 6) is 0.0190. The standard InChI is InChI=1S/C24H16BrCl2NO5/c1-31-19-8-6-13(10-16(19)25)23(30)24-22(15-4-2-3-5-18(15)33-24)28-21(29)12-32-20-9-7-14(26)11-17(20)27/h2-11H,12H2,1H3,(H,28,29). The molecular weight excluding hydrogens is 533 g/mol. The predicted molar refractivity (Wildman–Crippen MR) is 131 cm³/mol. The van der Waals surface area contributed by atoms with Gasteiger partial charge in [-0.3, -0.25) is 9.59 Å². The van der Waals surface area contributed by atoms with Crippen LogP contribution in [0, 0.1) is 0 Å². The minimum absolute atomic E-state index is 0.00569. The number of nitrogens with one attached hydrogen (secondary N) is 1. The summed E-state index contributed by atoms with van der Waals surface area (Å²) in [6.07, 6.45) is 0. The van der Waals surface area contributed by atoms with E-state index in [1.807, 2.05) is 0 Å². The Morgan fingerprint density at radius 3 is 2.52 bits per heavy atom. The van der Waals surface area contributed by atoms with Crippen LogP contribution in [0.4, 0.5) is 5.69 Å². The van der Waals surface area contributed by atoms with Gasteiger partial charge in [0.05, 0.1) is 22.3 Å². The second kappa shape index (κ2) is 9.87. The van der Waals surface area contributed by atoms with E-state index in [1.54, 1.807) is 54.6 Å². The van der Waals surface area contributed by atoms with Crippen molar-refractivity contribution in [1.82, 2.24) is 0 Å². The third-order valence-corrected chi connectivity index (χ3v) is 5.88. The number of ketones is 1. The molecule has 0 unspecified atom stereocenters. The number of anilines is 1. The number of benzene rings is 3. The average molecular weight is 549 g/mol. The monoisotopic (exact) mass is 547 g/mol. The van der Waals surface area contributed by atoms with Gasteiger partial charge in [0.15, 0.2) is 12.4 Å². The van der Waals surface area contributed by atoms with E-state index in [0.717, 1.165) is 0 Å². The van der Waals surface area contributed by atoms with Crippen LogP contribution in [0.5, 0.6) is 11.5 Å². The zero-order valence-electron chi connectivity index (χ0n) is 17.2. The molecule has 9 heteroatoms. The van der Waals surface area contributed by atoms with Crippen LogP contribution in [-0.4, -0.2) is 25.4 Å². The van der Waals surface area contributed by atoms with Crippen molar-refractivity contribution in [2.45, 2.75) is 0 Å². The van der Waals surface area contributed by atoms with Crippen molar-refractivity contribution in [1.29, 1.82) is 0 Å². The van der Waals surface area contributed by atoms with E-state index >= 15 is 0 Å². The summed E-state index contributed by atoms with van der Waals surface area (Å²) >= 11 is 15.4. The van der Waals surface area contributed by atoms with Gasteiger partial charge in [0.2, 0.25) is 5.78 Å². The second-order valence-corrected chi connectivity index (χ2v) is 8.59. The maximum Gasteiger partial charge on any atom is 0.262 e. The summed E-state index contributed by atoms with van der Waals surface area (Å²) in [5, 5.41) is 4.06. The number of hydrogen-bond donors (Lipinski definition) is 1. The van der Waals surface area contributed by atoms with Gasteiger partial charge in [-0.2, -0.15) is 0 Å². The zero-order chi connectivity index (χ0) is 23.5. The fourth-order valence-corrected chi connectivity index (χ4v) is 4.18. The maximum absolute atomic E-state index is 13.3. The molecule has 4 rings (SSSR count). The van der Waals surface area contributed by atoms with Gasteiger partial charge in [-0.25, -0.2) is 0 Å². The maximum atomic E-state index is 13.3. The van der Waals surface area contributed by atoms with Crippen LogP contribution < -0.4 is 14.8 Å². The lowest BCUT2D eigenvalue weighted by Crippen LogP contribution is -2.21. The SMILES string of the molecule is COc1ccc(C(=O)c2oc3ccccc3c2NC(=O)COc2ccc(Cl)cc2Cl)cc1Br. The van der Waals surface area contributed by atoms with Crippen LogP contribution in [-0.2, 0) is 4.79 Å². The van der Waals surface area contributed by atoms with Gasteiger partial charge < -0.3 is 19.2 Å². The number of ether oxygens (including phenoxy) is 2. The van der Waals surface area contributed by atoms with Crippen molar-refractivity contribution in [2.24, 2.45) is 0 Å². The fraction of sp³-hybridized carbons (Fsp3) is 0.0833. The third kappa shape index (κ3) is 5.00. The minimum Gasteiger partial charge on any atom is -0.496 e. The summed E-state index contributed by atoms with van der Waals surface area (Å²) in [7, 11) is 1.54. The first-order valence-corrected chi connectivity index (χ1v) is 11.2. The molecule has 1 amide bonds. The quantitative estimate of drug-likeness (QED) is 0.258. The normalized spacial score (nSPS) is 10.8. The van der Waals surface area contributed by atoms with Crippen molar-refractivity contribution >= 4 is 67.5 Å². The number of rotatable bonds is 7. The van der Waals surface area contributed by atoms with E-state index in [2.05, 4.69) is 21.2 Å². The van der Waals surface area contributed by atoms with Crippen LogP contribution in [0.2, 0.25) is 10.0 Å². The number of amides is 1. The van der Waals surface area contributed by atoms with Crippen LogP contribution in [0.1, 0.15) is 16.1 Å². The van der Waals surface area contributed by atoms with Gasteiger partial charge in [0.1, 0.15) is 17.1 Å². The lowest BCUT2D eigenvalue weighted by atomic mass is 10.1. The van der Waals surface area contributed by atoms with E-state index < -0.39 is 11.7 Å². The molecule has 0 aliphatic rings. The molecule has 0 radical (unpaired) electrons. The Hall–Kier alpha value is -3.00. The van der Waals surface area contributed by atoms with Crippen molar-refractivity contribution in [3.8, 4) is 11.5 Å². The molecule has 0 aliphatic carbocycles. The van der Waals surface area contributed by atoms with Crippen molar-refractivity contribution in [3.63, 3.8) is 0 Å². The number of methoxy groups -OCH3 is 1. The minimum atomic E-state index is -0.488. The number of halogens is 3. The van der Waals surface area contributed by atoms with Gasteiger partial charge >= 0.3 is 0 Å². The molecular formula is C24H16BrCl2NO5. The van der Waals surface area contributed by atoms with Crippen LogP contribution in [0.25, 0.3) is 11.0 Å². The lowest BCUT2D eigenvalue weighted by molar-refractivity contribution is -0.118. The van der Waals surface area contributed by atoms with Crippen LogP contribution >= 0.6 is 39.1 Å². The molecule has 0 aliphatic heterocycles. The fourth-order valence-electron chi connectivity index (χ4n) is 3.18. The molecule has 0 bridgehead atoms. The van der Waals surface area contributed by atoms with Crippen molar-refractivity contribution < 1.29 is 23.5 Å². The number of para-hydroxylation sites is 1. The first-order valence-electron chi connectivity index (χ1n) is 9.65. The van der Waals surface area contributed by atoms with Gasteiger partial charge in [-0.05, 0) is 64.5 Å². The van der Waals surface area contributed by atoms with Gasteiger partial charge in [-0.1, -0.05) is 35.3 Å². The molecule has 1 heterocycles. The molecule has 4 aromatic rings. The highest BCUT2D eigenvalue weighted by molar-refractivity contribution is 9.10. The molecule has 0 atom stereocenters. The lowest BCUT2D eigenvalue weighted by Gasteiger charge is -2.10. The summed E-state index contributed by atoms with van der Waals surface area (Å²) in [4.78, 5) is 25.9. The summed E-state index contributed by atoms with van der Waals surface area (Å²) in [5.41, 5.74) is 1.09. The Labute approximate surface area is 207 Å². The molecule has 168 valence electrons. The first kappa shape index (κ1) is 23.2. The number of carbonyl (C=O) groups is 2. The number of furan rings is 1. The zero-order valence-corrected chi connectivity index (χ0v) is 20.3. The largest absolute Gasteiger partial charge is 0.496 e. The predicted octanol–water partition coefficient (Wildman–Crippen LogP) is 6.76. The highest BCUT2D eigenvalue weighted by atomic mass is 79.9. The first-order chi connectivity index (χ1) is 15.9. The molecule has 0 saturated heterocycles. The van der Waals surface area contributed by atoms with Gasteiger partial charge in [-0.15, -0.1) is 0 Å². The molecule has 1 N–H and O–H groups in total. The summed E-state index contributed by atoms with van der Waals surface area (Å²) in [6.45, 7) is -0.331. The highest BCUT2D eigenvalue weighted by Gasteiger charge is 2.24. The van der Waals surface area contributed by atoms with E-state index in [-0.39, 0.29) is 23.1 Å². The molecule has 0 fully saturated rings. The van der Waals surface area contributed by atoms with Crippen LogP contribution in [0.3, 0.4) is 0 Å². The number of fused-ring (bicyclic) bond motifs is 1. The van der Waals surface area contributed by atoms with Gasteiger partial charge in [0, 0.05) is 16.0 Å². The Bertz CT molecular complexity index is 1370. The van der Waals surface area contributed by atoms with E-state index in [1.165, 1.54) is 13.2 Å². The molecule has 3 aromatic carbocycles. The second-order valence-electron chi connectivity index (χ2n) is 6.89. The summed E-state index contributed by atoms with van der Waals surface area (Å²) in [6, 6.07) is 16.7.